The highest BCUT2D eigenvalue weighted by Gasteiger charge is 2.26. The fourth-order valence-corrected chi connectivity index (χ4v) is 3.47. The highest BCUT2D eigenvalue weighted by Crippen LogP contribution is 2.19. The zero-order valence-electron chi connectivity index (χ0n) is 17.0. The van der Waals surface area contributed by atoms with Crippen molar-refractivity contribution in [3.05, 3.63) is 29.8 Å². The molecular weight excluding hydrogens is 431 g/mol. The molecule has 2 saturated heterocycles. The van der Waals surface area contributed by atoms with Gasteiger partial charge in [0.05, 0.1) is 19.3 Å². The first kappa shape index (κ1) is 26.6. The molecule has 1 atom stereocenters. The van der Waals surface area contributed by atoms with Crippen LogP contribution in [-0.2, 0) is 14.3 Å². The summed E-state index contributed by atoms with van der Waals surface area (Å²) in [5.74, 6) is -0.176. The van der Waals surface area contributed by atoms with Crippen molar-refractivity contribution in [3.63, 3.8) is 0 Å². The second-order valence-corrected chi connectivity index (χ2v) is 7.25. The Morgan fingerprint density at radius 2 is 1.63 bits per heavy atom. The van der Waals surface area contributed by atoms with Crippen molar-refractivity contribution in [1.82, 2.24) is 10.2 Å². The van der Waals surface area contributed by atoms with Crippen molar-refractivity contribution < 1.29 is 19.1 Å². The molecule has 0 bridgehead atoms. The number of carbonyl (C=O) groups excluding carboxylic acids is 2. The van der Waals surface area contributed by atoms with E-state index in [2.05, 4.69) is 15.5 Å². The highest BCUT2D eigenvalue weighted by atomic mass is 35.5. The fraction of sp³-hybridized carbons (Fsp3) is 0.600. The lowest BCUT2D eigenvalue weighted by atomic mass is 9.92. The third-order valence-electron chi connectivity index (χ3n) is 5.31. The molecule has 1 unspecified atom stereocenters. The largest absolute Gasteiger partial charge is 0.381 e. The Hall–Kier alpha value is -1.42. The van der Waals surface area contributed by atoms with Crippen molar-refractivity contribution >= 4 is 42.3 Å². The second-order valence-electron chi connectivity index (χ2n) is 7.25. The number of hydrogen-bond donors (Lipinski definition) is 3. The van der Waals surface area contributed by atoms with E-state index in [1.165, 1.54) is 0 Å². The van der Waals surface area contributed by atoms with Gasteiger partial charge in [-0.15, -0.1) is 24.8 Å². The van der Waals surface area contributed by atoms with Crippen LogP contribution in [0.5, 0.6) is 0 Å². The number of carbonyl (C=O) groups is 2. The lowest BCUT2D eigenvalue weighted by Gasteiger charge is -2.26. The SMILES string of the molecule is Cl.Cl.NC(C(=O)Nc1ccc(C(=O)NCCN2CCOCC2)cc1)C1CCOCC1. The van der Waals surface area contributed by atoms with E-state index >= 15 is 0 Å². The molecular formula is C20H32Cl2N4O4. The lowest BCUT2D eigenvalue weighted by Crippen LogP contribution is -2.44. The molecule has 2 aliphatic rings. The first-order valence-electron chi connectivity index (χ1n) is 9.96. The average molecular weight is 463 g/mol. The van der Waals surface area contributed by atoms with Crippen molar-refractivity contribution in [2.24, 2.45) is 11.7 Å². The monoisotopic (exact) mass is 462 g/mol. The molecule has 0 radical (unpaired) electrons. The topological polar surface area (TPSA) is 106 Å². The molecule has 0 aliphatic carbocycles. The van der Waals surface area contributed by atoms with Crippen molar-refractivity contribution in [1.29, 1.82) is 0 Å². The van der Waals surface area contributed by atoms with Crippen LogP contribution in [0.1, 0.15) is 23.2 Å². The van der Waals surface area contributed by atoms with Crippen molar-refractivity contribution in [2.45, 2.75) is 18.9 Å². The maximum atomic E-state index is 12.4. The Balaban J connectivity index is 0.00000225. The summed E-state index contributed by atoms with van der Waals surface area (Å²) in [7, 11) is 0. The summed E-state index contributed by atoms with van der Waals surface area (Å²) in [6.45, 7) is 6.02. The molecule has 3 rings (SSSR count). The molecule has 2 amide bonds. The summed E-state index contributed by atoms with van der Waals surface area (Å²) < 4.78 is 10.6. The van der Waals surface area contributed by atoms with Gasteiger partial charge in [-0.2, -0.15) is 0 Å². The van der Waals surface area contributed by atoms with E-state index in [9.17, 15) is 9.59 Å². The zero-order chi connectivity index (χ0) is 19.8. The lowest BCUT2D eigenvalue weighted by molar-refractivity contribution is -0.119. The van der Waals surface area contributed by atoms with Gasteiger partial charge in [0.25, 0.3) is 5.91 Å². The van der Waals surface area contributed by atoms with Crippen LogP contribution in [0, 0.1) is 5.92 Å². The zero-order valence-corrected chi connectivity index (χ0v) is 18.6. The molecule has 0 spiro atoms. The van der Waals surface area contributed by atoms with E-state index in [1.54, 1.807) is 24.3 Å². The number of nitrogens with two attached hydrogens (primary N) is 1. The summed E-state index contributed by atoms with van der Waals surface area (Å²) in [6, 6.07) is 6.32. The van der Waals surface area contributed by atoms with Gasteiger partial charge in [-0.3, -0.25) is 14.5 Å². The molecule has 0 aromatic heterocycles. The second kappa shape index (κ2) is 13.8. The van der Waals surface area contributed by atoms with Crippen LogP contribution >= 0.6 is 24.8 Å². The maximum absolute atomic E-state index is 12.4. The highest BCUT2D eigenvalue weighted by molar-refractivity contribution is 5.97. The fourth-order valence-electron chi connectivity index (χ4n) is 3.47. The van der Waals surface area contributed by atoms with Gasteiger partial charge in [0.2, 0.25) is 5.91 Å². The van der Waals surface area contributed by atoms with Gasteiger partial charge in [-0.1, -0.05) is 0 Å². The molecule has 1 aromatic carbocycles. The Kier molecular flexibility index (Phi) is 12.2. The summed E-state index contributed by atoms with van der Waals surface area (Å²) in [5.41, 5.74) is 7.29. The number of halogens is 2. The predicted molar refractivity (Wildman–Crippen MR) is 121 cm³/mol. The quantitative estimate of drug-likeness (QED) is 0.563. The van der Waals surface area contributed by atoms with Crippen LogP contribution in [0.3, 0.4) is 0 Å². The molecule has 10 heteroatoms. The maximum Gasteiger partial charge on any atom is 0.251 e. The summed E-state index contributed by atoms with van der Waals surface area (Å²) >= 11 is 0. The van der Waals surface area contributed by atoms with Crippen molar-refractivity contribution in [3.8, 4) is 0 Å². The van der Waals surface area contributed by atoms with E-state index in [4.69, 9.17) is 15.2 Å². The molecule has 0 saturated carbocycles. The number of nitrogens with one attached hydrogen (secondary N) is 2. The van der Waals surface area contributed by atoms with Crippen LogP contribution in [-0.4, -0.2) is 75.4 Å². The summed E-state index contributed by atoms with van der Waals surface area (Å²) in [4.78, 5) is 26.9. The molecule has 30 heavy (non-hydrogen) atoms. The third-order valence-corrected chi connectivity index (χ3v) is 5.31. The van der Waals surface area contributed by atoms with Crippen LogP contribution < -0.4 is 16.4 Å². The number of benzene rings is 1. The van der Waals surface area contributed by atoms with Gasteiger partial charge in [-0.25, -0.2) is 0 Å². The molecule has 8 nitrogen and oxygen atoms in total. The normalized spacial score (nSPS) is 18.4. The van der Waals surface area contributed by atoms with Crippen molar-refractivity contribution in [2.75, 3.05) is 57.9 Å². The van der Waals surface area contributed by atoms with Gasteiger partial charge in [0.1, 0.15) is 0 Å². The summed E-state index contributed by atoms with van der Waals surface area (Å²) in [6.07, 6.45) is 1.61. The van der Waals surface area contributed by atoms with E-state index in [0.29, 0.717) is 31.0 Å². The predicted octanol–water partition coefficient (Wildman–Crippen LogP) is 1.28. The Bertz CT molecular complexity index is 651. The third kappa shape index (κ3) is 8.02. The minimum absolute atomic E-state index is 0. The first-order chi connectivity index (χ1) is 13.6. The minimum Gasteiger partial charge on any atom is -0.381 e. The molecule has 2 fully saturated rings. The average Bonchev–Trinajstić information content (AvgIpc) is 2.75. The Labute approximate surface area is 190 Å². The minimum atomic E-state index is -0.549. The Morgan fingerprint density at radius 1 is 1.03 bits per heavy atom. The molecule has 2 heterocycles. The number of nitrogens with zero attached hydrogens (tertiary/aromatic N) is 1. The number of ether oxygens (including phenoxy) is 2. The molecule has 2 aliphatic heterocycles. The first-order valence-corrected chi connectivity index (χ1v) is 9.96. The van der Waals surface area contributed by atoms with Gasteiger partial charge >= 0.3 is 0 Å². The van der Waals surface area contributed by atoms with Crippen LogP contribution in [0.15, 0.2) is 24.3 Å². The number of rotatable bonds is 7. The number of amides is 2. The molecule has 1 aromatic rings. The van der Waals surface area contributed by atoms with Gasteiger partial charge in [0, 0.05) is 50.6 Å². The standard InChI is InChI=1S/C20H30N4O4.2ClH/c21-18(15-5-11-27-12-6-15)20(26)23-17-3-1-16(2-4-17)19(25)22-7-8-24-9-13-28-14-10-24;;/h1-4,15,18H,5-14,21H2,(H,22,25)(H,23,26);2*1H. The van der Waals surface area contributed by atoms with Gasteiger partial charge < -0.3 is 25.8 Å². The van der Waals surface area contributed by atoms with Crippen LogP contribution in [0.4, 0.5) is 5.69 Å². The molecule has 4 N–H and O–H groups in total. The van der Waals surface area contributed by atoms with E-state index < -0.39 is 6.04 Å². The molecule has 170 valence electrons. The van der Waals surface area contributed by atoms with E-state index in [-0.39, 0.29) is 42.5 Å². The van der Waals surface area contributed by atoms with Gasteiger partial charge in [0.15, 0.2) is 0 Å². The van der Waals surface area contributed by atoms with E-state index in [0.717, 1.165) is 45.7 Å². The number of hydrogen-bond acceptors (Lipinski definition) is 6. The number of anilines is 1. The van der Waals surface area contributed by atoms with E-state index in [1.807, 2.05) is 0 Å². The van der Waals surface area contributed by atoms with Crippen LogP contribution in [0.25, 0.3) is 0 Å². The number of morpholine rings is 1. The van der Waals surface area contributed by atoms with Crippen LogP contribution in [0.2, 0.25) is 0 Å². The smallest absolute Gasteiger partial charge is 0.251 e. The Morgan fingerprint density at radius 3 is 2.27 bits per heavy atom. The summed E-state index contributed by atoms with van der Waals surface area (Å²) in [5, 5.41) is 5.76. The van der Waals surface area contributed by atoms with Gasteiger partial charge in [-0.05, 0) is 43.0 Å².